The highest BCUT2D eigenvalue weighted by Gasteiger charge is 2.44. The third-order valence-electron chi connectivity index (χ3n) is 3.62. The number of rotatable bonds is 4. The van der Waals surface area contributed by atoms with Crippen LogP contribution in [-0.2, 0) is 9.47 Å². The molecule has 130 valence electrons. The van der Waals surface area contributed by atoms with Crippen LogP contribution in [-0.4, -0.2) is 40.3 Å². The topological polar surface area (TPSA) is 93.8 Å². The molecule has 0 bridgehead atoms. The van der Waals surface area contributed by atoms with Gasteiger partial charge in [-0.15, -0.1) is 0 Å². The Kier molecular flexibility index (Phi) is 5.53. The summed E-state index contributed by atoms with van der Waals surface area (Å²) in [4.78, 5) is 11.9. The van der Waals surface area contributed by atoms with E-state index in [1.807, 2.05) is 34.6 Å². The third-order valence-corrected chi connectivity index (χ3v) is 3.62. The summed E-state index contributed by atoms with van der Waals surface area (Å²) in [7, 11) is 0. The Hall–Kier alpha value is -0.850. The number of alkyl carbamates (subject to hydrolysis) is 1. The maximum Gasteiger partial charge on any atom is 0.407 e. The molecular weight excluding hydrogens is 284 g/mol. The quantitative estimate of drug-likeness (QED) is 0.691. The lowest BCUT2D eigenvalue weighted by molar-refractivity contribution is -0.215. The van der Waals surface area contributed by atoms with Gasteiger partial charge in [0.25, 0.3) is 0 Å². The summed E-state index contributed by atoms with van der Waals surface area (Å²) in [6.45, 7) is 12.6. The number of hydrogen-bond donors (Lipinski definition) is 3. The average molecular weight is 316 g/mol. The lowest BCUT2D eigenvalue weighted by Crippen LogP contribution is -2.47. The van der Waals surface area contributed by atoms with Crippen molar-refractivity contribution in [2.75, 3.05) is 0 Å². The van der Waals surface area contributed by atoms with Crippen molar-refractivity contribution in [3.05, 3.63) is 0 Å². The highest BCUT2D eigenvalue weighted by molar-refractivity contribution is 5.68. The number of amides is 1. The monoisotopic (exact) mass is 316 g/mol. The van der Waals surface area contributed by atoms with E-state index in [1.165, 1.54) is 0 Å². The molecule has 1 rings (SSSR count). The first-order chi connectivity index (χ1) is 9.67. The highest BCUT2D eigenvalue weighted by atomic mass is 16.6. The van der Waals surface area contributed by atoms with Gasteiger partial charge in [-0.2, -0.15) is 0 Å². The molecule has 1 saturated carbocycles. The van der Waals surface area contributed by atoms with Gasteiger partial charge in [0.1, 0.15) is 5.60 Å². The van der Waals surface area contributed by atoms with Crippen LogP contribution >= 0.6 is 0 Å². The molecule has 0 aliphatic heterocycles. The van der Waals surface area contributed by atoms with Crippen LogP contribution in [0, 0.1) is 5.92 Å². The van der Waals surface area contributed by atoms with Crippen LogP contribution in [0.3, 0.4) is 0 Å². The number of nitrogens with two attached hydrogens (primary N) is 1. The van der Waals surface area contributed by atoms with Gasteiger partial charge in [0.2, 0.25) is 0 Å². The second kappa shape index (κ2) is 6.34. The van der Waals surface area contributed by atoms with E-state index in [4.69, 9.17) is 15.2 Å². The predicted molar refractivity (Wildman–Crippen MR) is 85.3 cm³/mol. The molecule has 0 spiro atoms. The molecule has 4 N–H and O–H groups in total. The fraction of sp³-hybridized carbons (Fsp3) is 0.938. The molecule has 0 saturated heterocycles. The Morgan fingerprint density at radius 1 is 1.14 bits per heavy atom. The van der Waals surface area contributed by atoms with Gasteiger partial charge < -0.3 is 25.6 Å². The fourth-order valence-corrected chi connectivity index (χ4v) is 2.87. The molecular formula is C16H32N2O4. The SMILES string of the molecule is CC(C)(C)OC(=O)NC1CC(C(C)(C)N)[C@@H](OC(C)(C)O)C1. The van der Waals surface area contributed by atoms with Crippen LogP contribution in [0.25, 0.3) is 0 Å². The zero-order valence-corrected chi connectivity index (χ0v) is 14.9. The van der Waals surface area contributed by atoms with Gasteiger partial charge in [0, 0.05) is 17.5 Å². The Morgan fingerprint density at radius 2 is 1.68 bits per heavy atom. The van der Waals surface area contributed by atoms with E-state index in [1.54, 1.807) is 13.8 Å². The molecule has 3 atom stereocenters. The van der Waals surface area contributed by atoms with Crippen molar-refractivity contribution in [2.24, 2.45) is 11.7 Å². The first-order valence-electron chi connectivity index (χ1n) is 7.86. The van der Waals surface area contributed by atoms with Gasteiger partial charge in [-0.1, -0.05) is 0 Å². The van der Waals surface area contributed by atoms with Crippen molar-refractivity contribution < 1.29 is 19.4 Å². The molecule has 0 aromatic carbocycles. The van der Waals surface area contributed by atoms with E-state index in [2.05, 4.69) is 5.32 Å². The van der Waals surface area contributed by atoms with E-state index in [0.717, 1.165) is 0 Å². The third kappa shape index (κ3) is 6.50. The van der Waals surface area contributed by atoms with Crippen molar-refractivity contribution >= 4 is 6.09 Å². The molecule has 2 unspecified atom stereocenters. The van der Waals surface area contributed by atoms with Gasteiger partial charge >= 0.3 is 6.09 Å². The molecule has 0 aromatic heterocycles. The molecule has 22 heavy (non-hydrogen) atoms. The first kappa shape index (κ1) is 19.2. The standard InChI is InChI=1S/C16H32N2O4/c1-14(2,3)22-13(19)18-10-8-11(15(4,5)17)12(9-10)21-16(6,7)20/h10-12,20H,8-9,17H2,1-7H3,(H,18,19)/t10?,11?,12-/m0/s1. The summed E-state index contributed by atoms with van der Waals surface area (Å²) in [5.41, 5.74) is 5.25. The second-order valence-corrected chi connectivity index (χ2v) is 8.35. The minimum Gasteiger partial charge on any atom is -0.444 e. The van der Waals surface area contributed by atoms with E-state index in [-0.39, 0.29) is 18.1 Å². The summed E-state index contributed by atoms with van der Waals surface area (Å²) in [6.07, 6.45) is 0.660. The summed E-state index contributed by atoms with van der Waals surface area (Å²) >= 11 is 0. The molecule has 1 aliphatic rings. The molecule has 0 radical (unpaired) electrons. The Morgan fingerprint density at radius 3 is 2.09 bits per heavy atom. The molecule has 1 amide bonds. The number of hydrogen-bond acceptors (Lipinski definition) is 5. The van der Waals surface area contributed by atoms with E-state index in [9.17, 15) is 9.90 Å². The minimum atomic E-state index is -1.23. The molecule has 6 nitrogen and oxygen atoms in total. The minimum absolute atomic E-state index is 0.0406. The normalized spacial score (nSPS) is 26.9. The molecule has 0 heterocycles. The van der Waals surface area contributed by atoms with Gasteiger partial charge in [-0.05, 0) is 61.3 Å². The van der Waals surface area contributed by atoms with Crippen LogP contribution in [0.4, 0.5) is 4.79 Å². The van der Waals surface area contributed by atoms with Crippen molar-refractivity contribution in [1.29, 1.82) is 0 Å². The summed E-state index contributed by atoms with van der Waals surface area (Å²) in [6, 6.07) is -0.0741. The van der Waals surface area contributed by atoms with Crippen LogP contribution in [0.15, 0.2) is 0 Å². The Labute approximate surface area is 133 Å². The number of ether oxygens (including phenoxy) is 2. The van der Waals surface area contributed by atoms with Crippen LogP contribution in [0.2, 0.25) is 0 Å². The number of carbonyl (C=O) groups is 1. The van der Waals surface area contributed by atoms with Crippen LogP contribution in [0.1, 0.15) is 61.3 Å². The number of nitrogens with one attached hydrogen (secondary N) is 1. The fourth-order valence-electron chi connectivity index (χ4n) is 2.87. The van der Waals surface area contributed by atoms with E-state index in [0.29, 0.717) is 12.8 Å². The number of aliphatic hydroxyl groups is 1. The van der Waals surface area contributed by atoms with Crippen molar-refractivity contribution in [1.82, 2.24) is 5.32 Å². The Balaban J connectivity index is 2.71. The molecule has 0 aromatic rings. The van der Waals surface area contributed by atoms with Gasteiger partial charge in [-0.25, -0.2) is 4.79 Å². The largest absolute Gasteiger partial charge is 0.444 e. The highest BCUT2D eigenvalue weighted by Crippen LogP contribution is 2.37. The van der Waals surface area contributed by atoms with Crippen LogP contribution in [0.5, 0.6) is 0 Å². The maximum absolute atomic E-state index is 11.9. The zero-order valence-electron chi connectivity index (χ0n) is 14.9. The zero-order chi connectivity index (χ0) is 17.3. The first-order valence-corrected chi connectivity index (χ1v) is 7.86. The van der Waals surface area contributed by atoms with E-state index < -0.39 is 23.0 Å². The van der Waals surface area contributed by atoms with Gasteiger partial charge in [-0.3, -0.25) is 0 Å². The number of carbonyl (C=O) groups excluding carboxylic acids is 1. The molecule has 1 aliphatic carbocycles. The maximum atomic E-state index is 11.9. The molecule has 6 heteroatoms. The smallest absolute Gasteiger partial charge is 0.407 e. The molecule has 1 fully saturated rings. The Bertz CT molecular complexity index is 390. The van der Waals surface area contributed by atoms with Crippen molar-refractivity contribution in [2.45, 2.75) is 90.4 Å². The summed E-state index contributed by atoms with van der Waals surface area (Å²) in [5.74, 6) is -1.19. The lowest BCUT2D eigenvalue weighted by Gasteiger charge is -2.34. The van der Waals surface area contributed by atoms with Gasteiger partial charge in [0.05, 0.1) is 6.10 Å². The van der Waals surface area contributed by atoms with Crippen LogP contribution < -0.4 is 11.1 Å². The lowest BCUT2D eigenvalue weighted by atomic mass is 9.85. The average Bonchev–Trinajstić information content (AvgIpc) is 2.53. The predicted octanol–water partition coefficient (Wildman–Crippen LogP) is 2.14. The summed E-state index contributed by atoms with van der Waals surface area (Å²) < 4.78 is 11.0. The van der Waals surface area contributed by atoms with E-state index >= 15 is 0 Å². The second-order valence-electron chi connectivity index (χ2n) is 8.35. The van der Waals surface area contributed by atoms with Crippen molar-refractivity contribution in [3.8, 4) is 0 Å². The van der Waals surface area contributed by atoms with Crippen molar-refractivity contribution in [3.63, 3.8) is 0 Å². The van der Waals surface area contributed by atoms with Gasteiger partial charge in [0.15, 0.2) is 5.79 Å². The summed E-state index contributed by atoms with van der Waals surface area (Å²) in [5, 5.41) is 12.8.